The van der Waals surface area contributed by atoms with E-state index < -0.39 is 8.32 Å². The van der Waals surface area contributed by atoms with Crippen LogP contribution in [0, 0.1) is 0 Å². The van der Waals surface area contributed by atoms with Crippen LogP contribution < -0.4 is 0 Å². The summed E-state index contributed by atoms with van der Waals surface area (Å²) in [6.07, 6.45) is 3.83. The Morgan fingerprint density at radius 1 is 1.29 bits per heavy atom. The molecule has 21 heavy (non-hydrogen) atoms. The number of pyridine rings is 1. The van der Waals surface area contributed by atoms with Gasteiger partial charge in [0.15, 0.2) is 8.32 Å². The van der Waals surface area contributed by atoms with E-state index in [2.05, 4.69) is 61.3 Å². The molecule has 0 saturated heterocycles. The molecule has 4 heteroatoms. The molecule has 1 unspecified atom stereocenters. The van der Waals surface area contributed by atoms with E-state index in [0.29, 0.717) is 0 Å². The van der Waals surface area contributed by atoms with Gasteiger partial charge in [-0.05, 0) is 66.0 Å². The zero-order valence-electron chi connectivity index (χ0n) is 13.8. The third-order valence-electron chi connectivity index (χ3n) is 4.46. The fourth-order valence-corrected chi connectivity index (χ4v) is 6.20. The van der Waals surface area contributed by atoms with Crippen molar-refractivity contribution >= 4 is 24.2 Å². The summed E-state index contributed by atoms with van der Waals surface area (Å²) in [5.41, 5.74) is 0.692. The maximum Gasteiger partial charge on any atom is 0.193 e. The Hall–Kier alpha value is -0.453. The van der Waals surface area contributed by atoms with E-state index in [1.54, 1.807) is 0 Å². The lowest BCUT2D eigenvalue weighted by molar-refractivity contribution is 0.0598. The Morgan fingerprint density at radius 3 is 2.38 bits per heavy atom. The number of hydrogen-bond donors (Lipinski definition) is 0. The maximum atomic E-state index is 6.82. The van der Waals surface area contributed by atoms with Gasteiger partial charge >= 0.3 is 0 Å². The molecular weight excluding hydrogens is 342 g/mol. The van der Waals surface area contributed by atoms with Crippen LogP contribution >= 0.6 is 15.9 Å². The van der Waals surface area contributed by atoms with Crippen LogP contribution in [0.4, 0.5) is 0 Å². The van der Waals surface area contributed by atoms with Gasteiger partial charge in [-0.3, -0.25) is 0 Å². The SMILES string of the molecule is C=CCCC(C)(O[Si](CC)(CC)CC)c1cccc(Br)n1. The van der Waals surface area contributed by atoms with Crippen LogP contribution in [0.3, 0.4) is 0 Å². The topological polar surface area (TPSA) is 22.1 Å². The Morgan fingerprint density at radius 2 is 1.90 bits per heavy atom. The first-order valence-electron chi connectivity index (χ1n) is 7.89. The van der Waals surface area contributed by atoms with Gasteiger partial charge in [-0.1, -0.05) is 32.9 Å². The molecule has 1 rings (SSSR count). The summed E-state index contributed by atoms with van der Waals surface area (Å²) in [5, 5.41) is 0. The van der Waals surface area contributed by atoms with E-state index in [1.165, 1.54) is 0 Å². The monoisotopic (exact) mass is 369 g/mol. The van der Waals surface area contributed by atoms with Crippen LogP contribution in [0.1, 0.15) is 46.2 Å². The van der Waals surface area contributed by atoms with Crippen molar-refractivity contribution < 1.29 is 4.43 Å². The lowest BCUT2D eigenvalue weighted by Gasteiger charge is -2.40. The van der Waals surface area contributed by atoms with Crippen molar-refractivity contribution in [1.82, 2.24) is 4.98 Å². The van der Waals surface area contributed by atoms with Gasteiger partial charge in [-0.2, -0.15) is 0 Å². The molecular formula is C17H28BrNOSi. The first-order valence-corrected chi connectivity index (χ1v) is 11.2. The summed E-state index contributed by atoms with van der Waals surface area (Å²) < 4.78 is 7.69. The molecule has 0 saturated carbocycles. The van der Waals surface area contributed by atoms with Crippen LogP contribution in [0.25, 0.3) is 0 Å². The van der Waals surface area contributed by atoms with Crippen molar-refractivity contribution in [3.63, 3.8) is 0 Å². The van der Waals surface area contributed by atoms with Crippen molar-refractivity contribution in [3.8, 4) is 0 Å². The van der Waals surface area contributed by atoms with E-state index >= 15 is 0 Å². The minimum atomic E-state index is -1.69. The van der Waals surface area contributed by atoms with Crippen LogP contribution in [0.15, 0.2) is 35.5 Å². The lowest BCUT2D eigenvalue weighted by Crippen LogP contribution is -2.44. The minimum Gasteiger partial charge on any atom is -0.406 e. The fraction of sp³-hybridized carbons (Fsp3) is 0.588. The number of allylic oxidation sites excluding steroid dienone is 1. The van der Waals surface area contributed by atoms with E-state index in [1.807, 2.05) is 18.2 Å². The van der Waals surface area contributed by atoms with Crippen molar-refractivity contribution in [1.29, 1.82) is 0 Å². The summed E-state index contributed by atoms with van der Waals surface area (Å²) in [6, 6.07) is 9.53. The number of nitrogens with zero attached hydrogens (tertiary/aromatic N) is 1. The zero-order valence-corrected chi connectivity index (χ0v) is 16.4. The Labute approximate surface area is 139 Å². The molecule has 0 aromatic carbocycles. The second-order valence-corrected chi connectivity index (χ2v) is 11.3. The van der Waals surface area contributed by atoms with Crippen molar-refractivity contribution in [2.45, 2.75) is 64.3 Å². The maximum absolute atomic E-state index is 6.82. The van der Waals surface area contributed by atoms with Crippen molar-refractivity contribution in [2.24, 2.45) is 0 Å². The molecule has 1 heterocycles. The number of rotatable bonds is 9. The molecule has 0 bridgehead atoms. The van der Waals surface area contributed by atoms with Crippen LogP contribution in [-0.2, 0) is 10.0 Å². The largest absolute Gasteiger partial charge is 0.406 e. The molecule has 118 valence electrons. The number of halogens is 1. The van der Waals surface area contributed by atoms with Gasteiger partial charge in [0.1, 0.15) is 4.60 Å². The molecule has 0 fully saturated rings. The Bertz CT molecular complexity index is 454. The van der Waals surface area contributed by atoms with Gasteiger partial charge in [-0.25, -0.2) is 4.98 Å². The Kier molecular flexibility index (Phi) is 7.31. The van der Waals surface area contributed by atoms with E-state index in [9.17, 15) is 0 Å². The normalized spacial score (nSPS) is 14.7. The zero-order chi connectivity index (χ0) is 15.9. The van der Waals surface area contributed by atoms with Gasteiger partial charge in [0, 0.05) is 0 Å². The summed E-state index contributed by atoms with van der Waals surface area (Å²) in [6.45, 7) is 12.8. The molecule has 1 atom stereocenters. The van der Waals surface area contributed by atoms with Gasteiger partial charge in [0.25, 0.3) is 0 Å². The summed E-state index contributed by atoms with van der Waals surface area (Å²) in [4.78, 5) is 4.66. The number of aromatic nitrogens is 1. The highest BCUT2D eigenvalue weighted by Gasteiger charge is 2.39. The first-order chi connectivity index (χ1) is 9.95. The highest BCUT2D eigenvalue weighted by Crippen LogP contribution is 2.37. The third kappa shape index (κ3) is 4.76. The van der Waals surface area contributed by atoms with Crippen LogP contribution in [0.5, 0.6) is 0 Å². The van der Waals surface area contributed by atoms with Gasteiger partial charge in [0.2, 0.25) is 0 Å². The molecule has 0 aliphatic heterocycles. The highest BCUT2D eigenvalue weighted by molar-refractivity contribution is 9.10. The molecule has 2 nitrogen and oxygen atoms in total. The van der Waals surface area contributed by atoms with Gasteiger partial charge < -0.3 is 4.43 Å². The molecule has 0 aliphatic carbocycles. The minimum absolute atomic E-state index is 0.327. The summed E-state index contributed by atoms with van der Waals surface area (Å²) in [5.74, 6) is 0. The predicted octanol–water partition coefficient (Wildman–Crippen LogP) is 6.05. The van der Waals surface area contributed by atoms with Crippen molar-refractivity contribution in [3.05, 3.63) is 41.2 Å². The fourth-order valence-electron chi connectivity index (χ4n) is 2.76. The second-order valence-electron chi connectivity index (χ2n) is 5.75. The summed E-state index contributed by atoms with van der Waals surface area (Å²) in [7, 11) is -1.69. The first kappa shape index (κ1) is 18.6. The number of hydrogen-bond acceptors (Lipinski definition) is 2. The van der Waals surface area contributed by atoms with E-state index in [0.717, 1.165) is 41.3 Å². The molecule has 0 spiro atoms. The average Bonchev–Trinajstić information content (AvgIpc) is 2.51. The van der Waals surface area contributed by atoms with Crippen molar-refractivity contribution in [2.75, 3.05) is 0 Å². The smallest absolute Gasteiger partial charge is 0.193 e. The van der Waals surface area contributed by atoms with Crippen LogP contribution in [-0.4, -0.2) is 13.3 Å². The Balaban J connectivity index is 3.17. The lowest BCUT2D eigenvalue weighted by atomic mass is 9.95. The van der Waals surface area contributed by atoms with E-state index in [-0.39, 0.29) is 5.60 Å². The molecule has 0 N–H and O–H groups in total. The second kappa shape index (κ2) is 8.25. The summed E-state index contributed by atoms with van der Waals surface area (Å²) >= 11 is 3.48. The molecule has 1 aromatic rings. The predicted molar refractivity (Wildman–Crippen MR) is 97.0 cm³/mol. The standard InChI is InChI=1S/C17H28BrNOSi/c1-6-10-14-17(5,15-12-11-13-16(18)19-15)20-21(7-2,8-3)9-4/h6,11-13H,1,7-10,14H2,2-5H3. The van der Waals surface area contributed by atoms with Gasteiger partial charge in [-0.15, -0.1) is 6.58 Å². The quantitative estimate of drug-likeness (QED) is 0.300. The molecule has 1 aromatic heterocycles. The molecule has 0 radical (unpaired) electrons. The van der Waals surface area contributed by atoms with E-state index in [4.69, 9.17) is 4.43 Å². The third-order valence-corrected chi connectivity index (χ3v) is 9.65. The average molecular weight is 370 g/mol. The highest BCUT2D eigenvalue weighted by atomic mass is 79.9. The van der Waals surface area contributed by atoms with Gasteiger partial charge in [0.05, 0.1) is 11.3 Å². The molecule has 0 amide bonds. The van der Waals surface area contributed by atoms with Crippen LogP contribution in [0.2, 0.25) is 18.1 Å². The molecule has 0 aliphatic rings.